The Bertz CT molecular complexity index is 2540. The van der Waals surface area contributed by atoms with Gasteiger partial charge < -0.3 is 4.90 Å². The summed E-state index contributed by atoms with van der Waals surface area (Å²) in [6.45, 7) is 0. The number of rotatable bonds is 6. The number of benzene rings is 8. The Kier molecular flexibility index (Phi) is 7.39. The van der Waals surface area contributed by atoms with Gasteiger partial charge in [0, 0.05) is 22.4 Å². The summed E-state index contributed by atoms with van der Waals surface area (Å²) in [5.74, 6) is 0. The van der Waals surface area contributed by atoms with Crippen LogP contribution in [0.2, 0.25) is 0 Å². The predicted octanol–water partition coefficient (Wildman–Crippen LogP) is 14.2. The quantitative estimate of drug-likeness (QED) is 0.171. The number of hydrogen-bond donors (Lipinski definition) is 0. The second-order valence-electron chi connectivity index (χ2n) is 14.4. The van der Waals surface area contributed by atoms with Crippen molar-refractivity contribution in [1.29, 1.82) is 0 Å². The molecule has 0 unspecified atom stereocenters. The zero-order valence-corrected chi connectivity index (χ0v) is 29.2. The van der Waals surface area contributed by atoms with Crippen molar-refractivity contribution in [3.8, 4) is 44.5 Å². The zero-order valence-electron chi connectivity index (χ0n) is 29.2. The van der Waals surface area contributed by atoms with Crippen molar-refractivity contribution in [2.24, 2.45) is 0 Å². The van der Waals surface area contributed by atoms with Crippen LogP contribution >= 0.6 is 0 Å². The molecule has 0 atom stereocenters. The highest BCUT2D eigenvalue weighted by Crippen LogP contribution is 2.60. The summed E-state index contributed by atoms with van der Waals surface area (Å²) in [7, 11) is 0. The molecule has 0 saturated heterocycles. The standard InChI is InChI=1S/C51H39N/c1-4-15-36(16-5-1)37-25-27-42(28-26-37)52(49-34-41-22-11-10-21-40(41)33-46(49)39-19-8-3-9-20-39)43-29-30-45-48(35-43)51(31-12-13-32-51)47-24-14-23-44(50(45)47)38-17-6-2-7-18-38/h1-11,14-30,33-35H,12-13,31-32H2. The summed E-state index contributed by atoms with van der Waals surface area (Å²) in [5.41, 5.74) is 16.8. The largest absolute Gasteiger partial charge is 0.310 e. The van der Waals surface area contributed by atoms with Crippen LogP contribution < -0.4 is 4.90 Å². The van der Waals surface area contributed by atoms with Crippen molar-refractivity contribution in [3.05, 3.63) is 199 Å². The third-order valence-electron chi connectivity index (χ3n) is 11.6. The number of nitrogens with zero attached hydrogens (tertiary/aromatic N) is 1. The van der Waals surface area contributed by atoms with Gasteiger partial charge in [0.1, 0.15) is 0 Å². The summed E-state index contributed by atoms with van der Waals surface area (Å²) < 4.78 is 0. The van der Waals surface area contributed by atoms with Crippen molar-refractivity contribution < 1.29 is 0 Å². The van der Waals surface area contributed by atoms with E-state index in [-0.39, 0.29) is 5.41 Å². The smallest absolute Gasteiger partial charge is 0.0546 e. The maximum Gasteiger partial charge on any atom is 0.0546 e. The van der Waals surface area contributed by atoms with E-state index in [9.17, 15) is 0 Å². The van der Waals surface area contributed by atoms with Gasteiger partial charge in [-0.1, -0.05) is 165 Å². The first-order valence-corrected chi connectivity index (χ1v) is 18.6. The van der Waals surface area contributed by atoms with E-state index in [1.807, 2.05) is 0 Å². The van der Waals surface area contributed by atoms with Crippen LogP contribution in [0.3, 0.4) is 0 Å². The Labute approximate surface area is 306 Å². The first kappa shape index (κ1) is 30.6. The lowest BCUT2D eigenvalue weighted by Crippen LogP contribution is -2.21. The van der Waals surface area contributed by atoms with Gasteiger partial charge in [-0.3, -0.25) is 0 Å². The van der Waals surface area contributed by atoms with E-state index >= 15 is 0 Å². The molecule has 8 aromatic carbocycles. The maximum atomic E-state index is 2.55. The molecule has 0 bridgehead atoms. The van der Waals surface area contributed by atoms with Crippen LogP contribution in [0.4, 0.5) is 17.1 Å². The molecule has 2 aliphatic rings. The monoisotopic (exact) mass is 665 g/mol. The van der Waals surface area contributed by atoms with E-state index in [0.717, 1.165) is 5.69 Å². The van der Waals surface area contributed by atoms with Gasteiger partial charge >= 0.3 is 0 Å². The van der Waals surface area contributed by atoms with E-state index < -0.39 is 0 Å². The van der Waals surface area contributed by atoms with Gasteiger partial charge in [0.15, 0.2) is 0 Å². The summed E-state index contributed by atoms with van der Waals surface area (Å²) in [6.07, 6.45) is 4.88. The fourth-order valence-electron chi connectivity index (χ4n) is 9.17. The molecule has 0 heterocycles. The highest BCUT2D eigenvalue weighted by atomic mass is 15.1. The van der Waals surface area contributed by atoms with Gasteiger partial charge in [-0.25, -0.2) is 0 Å². The number of fused-ring (bicyclic) bond motifs is 6. The Morgan fingerprint density at radius 3 is 1.60 bits per heavy atom. The molecular weight excluding hydrogens is 627 g/mol. The Balaban J connectivity index is 1.21. The molecule has 1 nitrogen and oxygen atoms in total. The average molecular weight is 666 g/mol. The lowest BCUT2D eigenvalue weighted by molar-refractivity contribution is 0.550. The summed E-state index contributed by atoms with van der Waals surface area (Å²) in [4.78, 5) is 2.51. The molecule has 0 N–H and O–H groups in total. The number of hydrogen-bond acceptors (Lipinski definition) is 1. The minimum absolute atomic E-state index is 0.0277. The molecule has 52 heavy (non-hydrogen) atoms. The van der Waals surface area contributed by atoms with Gasteiger partial charge in [0.05, 0.1) is 5.69 Å². The molecule has 248 valence electrons. The molecule has 0 radical (unpaired) electrons. The normalized spacial score (nSPS) is 14.0. The van der Waals surface area contributed by atoms with Gasteiger partial charge in [-0.2, -0.15) is 0 Å². The maximum absolute atomic E-state index is 2.55. The SMILES string of the molecule is c1ccc(-c2ccc(N(c3ccc4c(c3)C3(CCCC3)c3cccc(-c5ccccc5)c3-4)c3cc4ccccc4cc3-c3ccccc3)cc2)cc1. The third kappa shape index (κ3) is 5.00. The van der Waals surface area contributed by atoms with Crippen LogP contribution in [0.25, 0.3) is 55.3 Å². The van der Waals surface area contributed by atoms with Crippen molar-refractivity contribution in [3.63, 3.8) is 0 Å². The fourth-order valence-corrected chi connectivity index (χ4v) is 9.17. The Morgan fingerprint density at radius 2 is 0.923 bits per heavy atom. The van der Waals surface area contributed by atoms with Crippen molar-refractivity contribution in [2.75, 3.05) is 4.90 Å². The molecule has 2 aliphatic carbocycles. The van der Waals surface area contributed by atoms with Crippen molar-refractivity contribution >= 4 is 27.8 Å². The van der Waals surface area contributed by atoms with Gasteiger partial charge in [0.25, 0.3) is 0 Å². The molecule has 0 aromatic heterocycles. The first-order chi connectivity index (χ1) is 25.8. The first-order valence-electron chi connectivity index (χ1n) is 18.6. The molecular formula is C51H39N. The Hall–Kier alpha value is -6.18. The van der Waals surface area contributed by atoms with E-state index in [4.69, 9.17) is 0 Å². The van der Waals surface area contributed by atoms with Gasteiger partial charge in [-0.05, 0) is 110 Å². The van der Waals surface area contributed by atoms with Crippen molar-refractivity contribution in [1.82, 2.24) is 0 Å². The van der Waals surface area contributed by atoms with E-state index in [1.165, 1.54) is 103 Å². The predicted molar refractivity (Wildman–Crippen MR) is 220 cm³/mol. The fraction of sp³-hybridized carbons (Fsp3) is 0.0980. The summed E-state index contributed by atoms with van der Waals surface area (Å²) in [5, 5.41) is 2.48. The third-order valence-corrected chi connectivity index (χ3v) is 11.6. The molecule has 10 rings (SSSR count). The van der Waals surface area contributed by atoms with Crippen LogP contribution in [0, 0.1) is 0 Å². The highest BCUT2D eigenvalue weighted by molar-refractivity contribution is 6.00. The zero-order chi connectivity index (χ0) is 34.5. The Morgan fingerprint density at radius 1 is 0.365 bits per heavy atom. The summed E-state index contributed by atoms with van der Waals surface area (Å²) >= 11 is 0. The molecule has 8 aromatic rings. The van der Waals surface area contributed by atoms with Crippen LogP contribution in [-0.2, 0) is 5.41 Å². The van der Waals surface area contributed by atoms with E-state index in [0.29, 0.717) is 0 Å². The van der Waals surface area contributed by atoms with Gasteiger partial charge in [-0.15, -0.1) is 0 Å². The highest BCUT2D eigenvalue weighted by Gasteiger charge is 2.46. The average Bonchev–Trinajstić information content (AvgIpc) is 3.83. The van der Waals surface area contributed by atoms with E-state index in [1.54, 1.807) is 0 Å². The van der Waals surface area contributed by atoms with Crippen molar-refractivity contribution in [2.45, 2.75) is 31.1 Å². The molecule has 0 amide bonds. The molecule has 1 saturated carbocycles. The molecule has 1 fully saturated rings. The second-order valence-corrected chi connectivity index (χ2v) is 14.4. The van der Waals surface area contributed by atoms with E-state index in [2.05, 4.69) is 193 Å². The summed E-state index contributed by atoms with van der Waals surface area (Å²) in [6, 6.07) is 69.5. The minimum Gasteiger partial charge on any atom is -0.310 e. The van der Waals surface area contributed by atoms with Crippen LogP contribution in [-0.4, -0.2) is 0 Å². The number of anilines is 3. The second kappa shape index (κ2) is 12.5. The molecule has 1 spiro atoms. The van der Waals surface area contributed by atoms with Crippen LogP contribution in [0.15, 0.2) is 188 Å². The molecule has 0 aliphatic heterocycles. The minimum atomic E-state index is 0.0277. The molecule has 1 heteroatoms. The lowest BCUT2D eigenvalue weighted by Gasteiger charge is -2.31. The van der Waals surface area contributed by atoms with Crippen LogP contribution in [0.5, 0.6) is 0 Å². The van der Waals surface area contributed by atoms with Gasteiger partial charge in [0.2, 0.25) is 0 Å². The lowest BCUT2D eigenvalue weighted by atomic mass is 9.76. The topological polar surface area (TPSA) is 3.24 Å². The van der Waals surface area contributed by atoms with Crippen LogP contribution in [0.1, 0.15) is 36.8 Å².